The molecular formula is C40H43BrN2O6S. The van der Waals surface area contributed by atoms with Crippen molar-refractivity contribution in [3.8, 4) is 33.4 Å². The summed E-state index contributed by atoms with van der Waals surface area (Å²) in [7, 11) is 0. The molecule has 0 atom stereocenters. The van der Waals surface area contributed by atoms with Gasteiger partial charge < -0.3 is 28.6 Å². The number of amides is 1. The van der Waals surface area contributed by atoms with Crippen LogP contribution in [0.3, 0.4) is 0 Å². The van der Waals surface area contributed by atoms with E-state index in [1.807, 2.05) is 81.4 Å². The van der Waals surface area contributed by atoms with Crippen molar-refractivity contribution in [3.63, 3.8) is 0 Å². The third kappa shape index (κ3) is 10.0. The summed E-state index contributed by atoms with van der Waals surface area (Å²) in [5.74, 6) is 3.11. The van der Waals surface area contributed by atoms with E-state index in [2.05, 4.69) is 57.2 Å². The maximum absolute atomic E-state index is 12.3. The van der Waals surface area contributed by atoms with Gasteiger partial charge in [-0.1, -0.05) is 58.4 Å². The van der Waals surface area contributed by atoms with Crippen LogP contribution in [0.1, 0.15) is 26.3 Å². The van der Waals surface area contributed by atoms with E-state index in [-0.39, 0.29) is 6.09 Å². The van der Waals surface area contributed by atoms with Crippen molar-refractivity contribution in [1.82, 2.24) is 9.80 Å². The molecule has 1 amide bonds. The van der Waals surface area contributed by atoms with Crippen LogP contribution in [0.4, 0.5) is 4.79 Å². The van der Waals surface area contributed by atoms with E-state index in [4.69, 9.17) is 23.7 Å². The zero-order chi connectivity index (χ0) is 34.9. The van der Waals surface area contributed by atoms with E-state index in [0.29, 0.717) is 39.5 Å². The van der Waals surface area contributed by atoms with Gasteiger partial charge in [0.15, 0.2) is 5.75 Å². The molecule has 0 unspecified atom stereocenters. The highest BCUT2D eigenvalue weighted by Gasteiger charge is 2.25. The van der Waals surface area contributed by atoms with Gasteiger partial charge in [0.2, 0.25) is 0 Å². The SMILES string of the molecule is CC(C)(C)OC(=O)N1CCN(CCOCCOc2ccc(Oc3c(-c4ccc(Br)cc4)sc4cc(OCc5ccccc5)ccc34)cc2)CC1. The topological polar surface area (TPSA) is 69.7 Å². The van der Waals surface area contributed by atoms with Crippen LogP contribution < -0.4 is 14.2 Å². The predicted molar refractivity (Wildman–Crippen MR) is 203 cm³/mol. The fourth-order valence-corrected chi connectivity index (χ4v) is 6.92. The Balaban J connectivity index is 0.998. The van der Waals surface area contributed by atoms with Crippen molar-refractivity contribution >= 4 is 43.4 Å². The molecule has 262 valence electrons. The Kier molecular flexibility index (Phi) is 12.0. The van der Waals surface area contributed by atoms with E-state index >= 15 is 0 Å². The Bertz CT molecular complexity index is 1830. The molecule has 1 aliphatic heterocycles. The lowest BCUT2D eigenvalue weighted by Gasteiger charge is -2.35. The number of ether oxygens (including phenoxy) is 5. The van der Waals surface area contributed by atoms with E-state index in [9.17, 15) is 4.79 Å². The van der Waals surface area contributed by atoms with Crippen molar-refractivity contribution in [1.29, 1.82) is 0 Å². The number of benzene rings is 4. The number of fused-ring (bicyclic) bond motifs is 1. The Hall–Kier alpha value is -4.09. The fraction of sp³-hybridized carbons (Fsp3) is 0.325. The molecule has 0 aliphatic carbocycles. The molecule has 5 aromatic rings. The van der Waals surface area contributed by atoms with Crippen molar-refractivity contribution in [2.45, 2.75) is 33.0 Å². The van der Waals surface area contributed by atoms with Crippen LogP contribution in [0, 0.1) is 0 Å². The Labute approximate surface area is 306 Å². The lowest BCUT2D eigenvalue weighted by Crippen LogP contribution is -2.50. The molecule has 0 N–H and O–H groups in total. The summed E-state index contributed by atoms with van der Waals surface area (Å²) in [4.78, 5) is 17.4. The van der Waals surface area contributed by atoms with Crippen molar-refractivity contribution in [2.24, 2.45) is 0 Å². The Morgan fingerprint density at radius 1 is 0.780 bits per heavy atom. The normalized spacial score (nSPS) is 13.7. The smallest absolute Gasteiger partial charge is 0.410 e. The minimum Gasteiger partial charge on any atom is -0.491 e. The number of nitrogens with zero attached hydrogens (tertiary/aromatic N) is 2. The minimum atomic E-state index is -0.477. The maximum atomic E-state index is 12.3. The first kappa shape index (κ1) is 35.7. The van der Waals surface area contributed by atoms with Gasteiger partial charge in [0.1, 0.15) is 36.1 Å². The zero-order valence-electron chi connectivity index (χ0n) is 28.7. The van der Waals surface area contributed by atoms with Crippen molar-refractivity contribution < 1.29 is 28.5 Å². The molecule has 0 saturated carbocycles. The van der Waals surface area contributed by atoms with Gasteiger partial charge in [-0.15, -0.1) is 11.3 Å². The molecule has 6 rings (SSSR count). The quantitative estimate of drug-likeness (QED) is 0.111. The second-order valence-electron chi connectivity index (χ2n) is 13.0. The van der Waals surface area contributed by atoms with Crippen LogP contribution in [0.25, 0.3) is 20.5 Å². The van der Waals surface area contributed by atoms with Crippen LogP contribution in [-0.2, 0) is 16.1 Å². The molecule has 1 fully saturated rings. The highest BCUT2D eigenvalue weighted by atomic mass is 79.9. The summed E-state index contributed by atoms with van der Waals surface area (Å²) < 4.78 is 32.1. The summed E-state index contributed by atoms with van der Waals surface area (Å²) in [6.45, 7) is 11.5. The molecule has 1 aromatic heterocycles. The second-order valence-corrected chi connectivity index (χ2v) is 15.0. The molecule has 0 radical (unpaired) electrons. The molecule has 1 aliphatic rings. The molecule has 2 heterocycles. The molecule has 1 saturated heterocycles. The third-order valence-electron chi connectivity index (χ3n) is 8.09. The van der Waals surface area contributed by atoms with Gasteiger partial charge in [0.05, 0.1) is 18.1 Å². The molecule has 0 bridgehead atoms. The Morgan fingerprint density at radius 3 is 2.20 bits per heavy atom. The van der Waals surface area contributed by atoms with Gasteiger partial charge in [-0.2, -0.15) is 0 Å². The minimum absolute atomic E-state index is 0.241. The largest absolute Gasteiger partial charge is 0.491 e. The number of rotatable bonds is 13. The van der Waals surface area contributed by atoms with E-state index in [0.717, 1.165) is 73.2 Å². The fourth-order valence-electron chi connectivity index (χ4n) is 5.49. The van der Waals surface area contributed by atoms with Gasteiger partial charge in [-0.05, 0) is 86.5 Å². The maximum Gasteiger partial charge on any atom is 0.410 e. The number of carbonyl (C=O) groups is 1. The number of thiophene rings is 1. The standard InChI is InChI=1S/C40H43BrN2O6S/c1-40(2,3)49-39(44)43-21-19-42(20-22-43)23-24-45-25-26-46-32-13-15-33(16-14-32)48-37-35-18-17-34(47-28-29-7-5-4-6-8-29)27-36(35)50-38(37)30-9-11-31(41)12-10-30/h4-18,27H,19-26,28H2,1-3H3. The second kappa shape index (κ2) is 16.7. The molecule has 4 aromatic carbocycles. The molecule has 0 spiro atoms. The highest BCUT2D eigenvalue weighted by Crippen LogP contribution is 2.47. The van der Waals surface area contributed by atoms with Crippen LogP contribution >= 0.6 is 27.3 Å². The van der Waals surface area contributed by atoms with Crippen LogP contribution in [0.5, 0.6) is 23.0 Å². The van der Waals surface area contributed by atoms with Crippen molar-refractivity contribution in [3.05, 3.63) is 107 Å². The number of piperazine rings is 1. The van der Waals surface area contributed by atoms with Crippen LogP contribution in [0.2, 0.25) is 0 Å². The number of hydrogen-bond donors (Lipinski definition) is 0. The summed E-state index contributed by atoms with van der Waals surface area (Å²) in [6, 6.07) is 32.3. The van der Waals surface area contributed by atoms with E-state index in [1.54, 1.807) is 16.2 Å². The summed E-state index contributed by atoms with van der Waals surface area (Å²) in [5.41, 5.74) is 1.73. The Morgan fingerprint density at radius 2 is 1.48 bits per heavy atom. The first-order valence-corrected chi connectivity index (χ1v) is 18.5. The average molecular weight is 760 g/mol. The van der Waals surface area contributed by atoms with E-state index in [1.165, 1.54) is 0 Å². The zero-order valence-corrected chi connectivity index (χ0v) is 31.1. The summed E-state index contributed by atoms with van der Waals surface area (Å²) in [5, 5.41) is 1.03. The van der Waals surface area contributed by atoms with E-state index < -0.39 is 5.60 Å². The summed E-state index contributed by atoms with van der Waals surface area (Å²) in [6.07, 6.45) is -0.241. The highest BCUT2D eigenvalue weighted by molar-refractivity contribution is 9.10. The average Bonchev–Trinajstić information content (AvgIpc) is 3.47. The van der Waals surface area contributed by atoms with Gasteiger partial charge in [-0.25, -0.2) is 4.79 Å². The molecule has 8 nitrogen and oxygen atoms in total. The molecule has 50 heavy (non-hydrogen) atoms. The lowest BCUT2D eigenvalue weighted by molar-refractivity contribution is 0.0108. The van der Waals surface area contributed by atoms with Crippen LogP contribution in [-0.4, -0.2) is 74.0 Å². The van der Waals surface area contributed by atoms with Gasteiger partial charge in [0, 0.05) is 47.3 Å². The molecule has 10 heteroatoms. The number of hydrogen-bond acceptors (Lipinski definition) is 8. The first-order valence-electron chi connectivity index (χ1n) is 16.9. The van der Waals surface area contributed by atoms with Crippen LogP contribution in [0.15, 0.2) is 102 Å². The van der Waals surface area contributed by atoms with Gasteiger partial charge in [0.25, 0.3) is 0 Å². The monoisotopic (exact) mass is 758 g/mol. The number of halogens is 1. The molecular weight excluding hydrogens is 716 g/mol. The van der Waals surface area contributed by atoms with Crippen molar-refractivity contribution in [2.75, 3.05) is 52.5 Å². The van der Waals surface area contributed by atoms with Gasteiger partial charge >= 0.3 is 6.09 Å². The van der Waals surface area contributed by atoms with Gasteiger partial charge in [-0.3, -0.25) is 4.90 Å². The third-order valence-corrected chi connectivity index (χ3v) is 9.80. The lowest BCUT2D eigenvalue weighted by atomic mass is 10.1. The first-order chi connectivity index (χ1) is 24.2. The summed E-state index contributed by atoms with van der Waals surface area (Å²) >= 11 is 5.24. The number of carbonyl (C=O) groups excluding carboxylic acids is 1. The predicted octanol–water partition coefficient (Wildman–Crippen LogP) is 9.65.